The third kappa shape index (κ3) is 3.02. The lowest BCUT2D eigenvalue weighted by Gasteiger charge is -2.19. The first kappa shape index (κ1) is 12.4. The summed E-state index contributed by atoms with van der Waals surface area (Å²) >= 11 is 0. The van der Waals surface area contributed by atoms with Gasteiger partial charge in [0, 0.05) is 18.2 Å². The third-order valence-electron chi connectivity index (χ3n) is 3.72. The van der Waals surface area contributed by atoms with Crippen LogP contribution in [0, 0.1) is 11.7 Å². The van der Waals surface area contributed by atoms with Gasteiger partial charge in [0.15, 0.2) is 0 Å². The summed E-state index contributed by atoms with van der Waals surface area (Å²) in [5.74, 6) is 0.576. The quantitative estimate of drug-likeness (QED) is 0.849. The molecule has 1 N–H and O–H groups in total. The van der Waals surface area contributed by atoms with Crippen molar-refractivity contribution in [1.29, 1.82) is 0 Å². The van der Waals surface area contributed by atoms with E-state index in [1.165, 1.54) is 24.5 Å². The van der Waals surface area contributed by atoms with Gasteiger partial charge in [0.25, 0.3) is 0 Å². The zero-order chi connectivity index (χ0) is 13.1. The van der Waals surface area contributed by atoms with E-state index in [9.17, 15) is 4.39 Å². The molecule has 1 aliphatic rings. The van der Waals surface area contributed by atoms with Crippen molar-refractivity contribution >= 4 is 0 Å². The smallest absolute Gasteiger partial charge is 0.127 e. The number of halogens is 1. The van der Waals surface area contributed by atoms with Gasteiger partial charge in [0.1, 0.15) is 5.82 Å². The van der Waals surface area contributed by atoms with Gasteiger partial charge in [-0.3, -0.25) is 0 Å². The van der Waals surface area contributed by atoms with Gasteiger partial charge >= 0.3 is 0 Å². The maximum atomic E-state index is 13.6. The van der Waals surface area contributed by atoms with Crippen LogP contribution in [0.15, 0.2) is 54.6 Å². The first-order valence-electron chi connectivity index (χ1n) is 6.86. The molecule has 1 atom stereocenters. The highest BCUT2D eigenvalue weighted by atomic mass is 19.1. The molecule has 0 bridgehead atoms. The normalized spacial score (nSPS) is 16.3. The van der Waals surface area contributed by atoms with E-state index in [1.54, 1.807) is 6.07 Å². The second kappa shape index (κ2) is 5.54. The Balaban J connectivity index is 1.71. The molecule has 0 heterocycles. The molecule has 2 heteroatoms. The van der Waals surface area contributed by atoms with Crippen LogP contribution in [-0.4, -0.2) is 0 Å². The van der Waals surface area contributed by atoms with Gasteiger partial charge in [-0.2, -0.15) is 0 Å². The van der Waals surface area contributed by atoms with Crippen molar-refractivity contribution in [2.24, 2.45) is 5.92 Å². The standard InChI is InChI=1S/C17H18FN/c18-16-9-5-4-8-15(16)12-19-17(14-10-11-14)13-6-2-1-3-7-13/h1-9,14,17,19H,10-12H2. The van der Waals surface area contributed by atoms with E-state index >= 15 is 0 Å². The molecule has 0 aromatic heterocycles. The Labute approximate surface area is 113 Å². The van der Waals surface area contributed by atoms with E-state index in [0.717, 1.165) is 5.56 Å². The van der Waals surface area contributed by atoms with Crippen LogP contribution in [0.4, 0.5) is 4.39 Å². The van der Waals surface area contributed by atoms with Crippen LogP contribution in [0.2, 0.25) is 0 Å². The Kier molecular flexibility index (Phi) is 3.60. The minimum absolute atomic E-state index is 0.127. The van der Waals surface area contributed by atoms with E-state index in [1.807, 2.05) is 18.2 Å². The van der Waals surface area contributed by atoms with E-state index in [0.29, 0.717) is 18.5 Å². The molecule has 0 spiro atoms. The highest BCUT2D eigenvalue weighted by Gasteiger charge is 2.31. The Morgan fingerprint density at radius 3 is 2.37 bits per heavy atom. The van der Waals surface area contributed by atoms with Gasteiger partial charge in [0.05, 0.1) is 0 Å². The lowest BCUT2D eigenvalue weighted by atomic mass is 10.0. The average Bonchev–Trinajstić information content (AvgIpc) is 3.27. The molecule has 2 aromatic carbocycles. The van der Waals surface area contributed by atoms with E-state index < -0.39 is 0 Å². The molecule has 0 saturated heterocycles. The van der Waals surface area contributed by atoms with Crippen molar-refractivity contribution in [2.75, 3.05) is 0 Å². The molecule has 1 aliphatic carbocycles. The highest BCUT2D eigenvalue weighted by molar-refractivity contribution is 5.22. The van der Waals surface area contributed by atoms with Gasteiger partial charge in [-0.15, -0.1) is 0 Å². The zero-order valence-corrected chi connectivity index (χ0v) is 10.9. The van der Waals surface area contributed by atoms with Gasteiger partial charge < -0.3 is 5.32 Å². The van der Waals surface area contributed by atoms with Crippen molar-refractivity contribution in [1.82, 2.24) is 5.32 Å². The molecule has 0 radical (unpaired) electrons. The fourth-order valence-corrected chi connectivity index (χ4v) is 2.51. The first-order valence-corrected chi connectivity index (χ1v) is 6.86. The number of nitrogens with one attached hydrogen (secondary N) is 1. The van der Waals surface area contributed by atoms with Gasteiger partial charge in [-0.1, -0.05) is 48.5 Å². The summed E-state index contributed by atoms with van der Waals surface area (Å²) < 4.78 is 13.6. The molecule has 1 saturated carbocycles. The van der Waals surface area contributed by atoms with E-state index in [4.69, 9.17) is 0 Å². The Hall–Kier alpha value is -1.67. The summed E-state index contributed by atoms with van der Waals surface area (Å²) in [7, 11) is 0. The predicted octanol–water partition coefficient (Wildman–Crippen LogP) is 4.07. The molecule has 0 amide bonds. The Morgan fingerprint density at radius 2 is 1.68 bits per heavy atom. The zero-order valence-electron chi connectivity index (χ0n) is 10.9. The molecule has 1 unspecified atom stereocenters. The molecular formula is C17H18FN. The number of rotatable bonds is 5. The topological polar surface area (TPSA) is 12.0 Å². The highest BCUT2D eigenvalue weighted by Crippen LogP contribution is 2.41. The summed E-state index contributed by atoms with van der Waals surface area (Å²) in [5.41, 5.74) is 2.05. The lowest BCUT2D eigenvalue weighted by molar-refractivity contribution is 0.471. The Morgan fingerprint density at radius 1 is 1.00 bits per heavy atom. The van der Waals surface area contributed by atoms with Crippen LogP contribution >= 0.6 is 0 Å². The minimum atomic E-state index is -0.127. The van der Waals surface area contributed by atoms with Gasteiger partial charge in [0.2, 0.25) is 0 Å². The van der Waals surface area contributed by atoms with Crippen molar-refractivity contribution in [3.05, 3.63) is 71.5 Å². The molecule has 1 nitrogen and oxygen atoms in total. The number of hydrogen-bond acceptors (Lipinski definition) is 1. The predicted molar refractivity (Wildman–Crippen MR) is 75.1 cm³/mol. The monoisotopic (exact) mass is 255 g/mol. The third-order valence-corrected chi connectivity index (χ3v) is 3.72. The van der Waals surface area contributed by atoms with Crippen molar-refractivity contribution < 1.29 is 4.39 Å². The van der Waals surface area contributed by atoms with Crippen LogP contribution in [0.3, 0.4) is 0 Å². The first-order chi connectivity index (χ1) is 9.34. The number of hydrogen-bond donors (Lipinski definition) is 1. The summed E-state index contributed by atoms with van der Waals surface area (Å²) in [6.07, 6.45) is 2.54. The maximum absolute atomic E-state index is 13.6. The molecule has 1 fully saturated rings. The second-order valence-corrected chi connectivity index (χ2v) is 5.20. The molecule has 98 valence electrons. The molecule has 0 aliphatic heterocycles. The Bertz CT molecular complexity index is 534. The SMILES string of the molecule is Fc1ccccc1CNC(c1ccccc1)C1CC1. The molecule has 19 heavy (non-hydrogen) atoms. The minimum Gasteiger partial charge on any atom is -0.306 e. The van der Waals surface area contributed by atoms with E-state index in [-0.39, 0.29) is 5.82 Å². The lowest BCUT2D eigenvalue weighted by Crippen LogP contribution is -2.23. The number of benzene rings is 2. The molecular weight excluding hydrogens is 237 g/mol. The molecule has 3 rings (SSSR count). The van der Waals surface area contributed by atoms with Gasteiger partial charge in [-0.25, -0.2) is 4.39 Å². The van der Waals surface area contributed by atoms with E-state index in [2.05, 4.69) is 29.6 Å². The van der Waals surface area contributed by atoms with Crippen molar-refractivity contribution in [3.8, 4) is 0 Å². The largest absolute Gasteiger partial charge is 0.306 e. The van der Waals surface area contributed by atoms with Crippen LogP contribution in [0.5, 0.6) is 0 Å². The van der Waals surface area contributed by atoms with Crippen molar-refractivity contribution in [3.63, 3.8) is 0 Å². The summed E-state index contributed by atoms with van der Waals surface area (Å²) in [6, 6.07) is 17.8. The van der Waals surface area contributed by atoms with Gasteiger partial charge in [-0.05, 0) is 30.4 Å². The van der Waals surface area contributed by atoms with Crippen LogP contribution < -0.4 is 5.32 Å². The molecule has 2 aromatic rings. The fourth-order valence-electron chi connectivity index (χ4n) is 2.51. The summed E-state index contributed by atoms with van der Waals surface area (Å²) in [5, 5.41) is 3.52. The summed E-state index contributed by atoms with van der Waals surface area (Å²) in [6.45, 7) is 0.586. The average molecular weight is 255 g/mol. The van der Waals surface area contributed by atoms with Crippen molar-refractivity contribution in [2.45, 2.75) is 25.4 Å². The van der Waals surface area contributed by atoms with Crippen LogP contribution in [-0.2, 0) is 6.54 Å². The van der Waals surface area contributed by atoms with Crippen LogP contribution in [0.1, 0.15) is 30.0 Å². The summed E-state index contributed by atoms with van der Waals surface area (Å²) in [4.78, 5) is 0. The fraction of sp³-hybridized carbons (Fsp3) is 0.294. The second-order valence-electron chi connectivity index (χ2n) is 5.20. The van der Waals surface area contributed by atoms with Crippen LogP contribution in [0.25, 0.3) is 0 Å². The maximum Gasteiger partial charge on any atom is 0.127 e.